The Bertz CT molecular complexity index is 1060. The lowest BCUT2D eigenvalue weighted by atomic mass is 10.1. The van der Waals surface area contributed by atoms with Crippen molar-refractivity contribution in [3.8, 4) is 5.75 Å². The average molecular weight is 446 g/mol. The van der Waals surface area contributed by atoms with Crippen molar-refractivity contribution < 1.29 is 22.7 Å². The van der Waals surface area contributed by atoms with Crippen LogP contribution in [-0.4, -0.2) is 69.3 Å². The van der Waals surface area contributed by atoms with Gasteiger partial charge in [0.1, 0.15) is 10.6 Å². The van der Waals surface area contributed by atoms with Crippen molar-refractivity contribution in [1.29, 1.82) is 0 Å². The Labute approximate surface area is 182 Å². The van der Waals surface area contributed by atoms with Crippen molar-refractivity contribution in [2.75, 3.05) is 39.8 Å². The molecule has 1 N–H and O–H groups in total. The van der Waals surface area contributed by atoms with E-state index in [0.717, 1.165) is 11.1 Å². The van der Waals surface area contributed by atoms with Gasteiger partial charge < -0.3 is 15.0 Å². The van der Waals surface area contributed by atoms with Gasteiger partial charge in [0.15, 0.2) is 0 Å². The molecule has 0 aliphatic carbocycles. The monoisotopic (exact) mass is 445 g/mol. The molecule has 9 heteroatoms. The van der Waals surface area contributed by atoms with E-state index in [1.807, 2.05) is 19.9 Å². The summed E-state index contributed by atoms with van der Waals surface area (Å²) in [7, 11) is -2.31. The van der Waals surface area contributed by atoms with E-state index >= 15 is 0 Å². The predicted molar refractivity (Wildman–Crippen MR) is 117 cm³/mol. The Morgan fingerprint density at radius 3 is 2.23 bits per heavy atom. The van der Waals surface area contributed by atoms with E-state index in [2.05, 4.69) is 5.32 Å². The highest BCUT2D eigenvalue weighted by Crippen LogP contribution is 2.30. The fourth-order valence-corrected chi connectivity index (χ4v) is 5.04. The number of piperazine rings is 1. The maximum Gasteiger partial charge on any atom is 0.251 e. The van der Waals surface area contributed by atoms with Gasteiger partial charge in [-0.2, -0.15) is 4.31 Å². The van der Waals surface area contributed by atoms with Gasteiger partial charge in [-0.3, -0.25) is 9.59 Å². The number of nitrogens with one attached hydrogen (secondary N) is 1. The van der Waals surface area contributed by atoms with Crippen LogP contribution in [0.1, 0.15) is 21.5 Å². The molecule has 3 rings (SSSR count). The molecule has 0 unspecified atom stereocenters. The molecular weight excluding hydrogens is 418 g/mol. The van der Waals surface area contributed by atoms with Gasteiger partial charge in [0.25, 0.3) is 5.91 Å². The zero-order valence-electron chi connectivity index (χ0n) is 17.9. The predicted octanol–water partition coefficient (Wildman–Crippen LogP) is 1.57. The molecule has 31 heavy (non-hydrogen) atoms. The molecule has 0 aromatic heterocycles. The lowest BCUT2D eigenvalue weighted by Crippen LogP contribution is -2.52. The number of amides is 2. The lowest BCUT2D eigenvalue weighted by Gasteiger charge is -2.34. The van der Waals surface area contributed by atoms with Gasteiger partial charge in [0, 0.05) is 31.7 Å². The standard InChI is InChI=1S/C22H27N3O5S/c1-16-13-19(30-3)20(14-17(16)2)31(28,29)25-11-9-24(10-12-25)21(26)15-23-22(27)18-7-5-4-6-8-18/h4-8,13-14H,9-12,15H2,1-3H3,(H,23,27). The highest BCUT2D eigenvalue weighted by atomic mass is 32.2. The summed E-state index contributed by atoms with van der Waals surface area (Å²) >= 11 is 0. The summed E-state index contributed by atoms with van der Waals surface area (Å²) in [6.45, 7) is 4.49. The Morgan fingerprint density at radius 1 is 1.00 bits per heavy atom. The van der Waals surface area contributed by atoms with E-state index in [1.165, 1.54) is 11.4 Å². The molecule has 166 valence electrons. The fraction of sp³-hybridized carbons (Fsp3) is 0.364. The third kappa shape index (κ3) is 5.05. The second-order valence-corrected chi connectivity index (χ2v) is 9.33. The molecule has 0 atom stereocenters. The van der Waals surface area contributed by atoms with Gasteiger partial charge in [-0.1, -0.05) is 18.2 Å². The fourth-order valence-electron chi connectivity index (χ4n) is 3.40. The molecule has 0 saturated carbocycles. The second kappa shape index (κ2) is 9.49. The number of hydrogen-bond acceptors (Lipinski definition) is 5. The first-order valence-corrected chi connectivity index (χ1v) is 11.4. The SMILES string of the molecule is COc1cc(C)c(C)cc1S(=O)(=O)N1CCN(C(=O)CNC(=O)c2ccccc2)CC1. The first kappa shape index (κ1) is 22.8. The maximum atomic E-state index is 13.2. The first-order chi connectivity index (χ1) is 14.7. The van der Waals surface area contributed by atoms with Crippen molar-refractivity contribution in [3.63, 3.8) is 0 Å². The number of carbonyl (C=O) groups is 2. The first-order valence-electron chi connectivity index (χ1n) is 10.0. The van der Waals surface area contributed by atoms with Gasteiger partial charge in [0.05, 0.1) is 13.7 Å². The zero-order chi connectivity index (χ0) is 22.6. The van der Waals surface area contributed by atoms with Crippen LogP contribution in [-0.2, 0) is 14.8 Å². The Morgan fingerprint density at radius 2 is 1.61 bits per heavy atom. The normalized spacial score (nSPS) is 14.9. The summed E-state index contributed by atoms with van der Waals surface area (Å²) in [5.41, 5.74) is 2.29. The number of aryl methyl sites for hydroxylation is 2. The molecule has 1 heterocycles. The Hall–Kier alpha value is -2.91. The van der Waals surface area contributed by atoms with Crippen LogP contribution < -0.4 is 10.1 Å². The summed E-state index contributed by atoms with van der Waals surface area (Å²) in [5, 5.41) is 2.61. The van der Waals surface area contributed by atoms with E-state index in [1.54, 1.807) is 41.3 Å². The number of carbonyl (C=O) groups excluding carboxylic acids is 2. The Kier molecular flexibility index (Phi) is 6.97. The number of nitrogens with zero attached hydrogens (tertiary/aromatic N) is 2. The van der Waals surface area contributed by atoms with Crippen LogP contribution in [0.3, 0.4) is 0 Å². The minimum absolute atomic E-state index is 0.132. The van der Waals surface area contributed by atoms with Crippen LogP contribution in [0.25, 0.3) is 0 Å². The topological polar surface area (TPSA) is 96.0 Å². The quantitative estimate of drug-likeness (QED) is 0.728. The molecule has 0 spiro atoms. The van der Waals surface area contributed by atoms with Gasteiger partial charge in [-0.05, 0) is 49.2 Å². The minimum atomic E-state index is -3.75. The van der Waals surface area contributed by atoms with Crippen LogP contribution in [0.5, 0.6) is 5.75 Å². The van der Waals surface area contributed by atoms with E-state index < -0.39 is 10.0 Å². The van der Waals surface area contributed by atoms with Crippen molar-refractivity contribution in [1.82, 2.24) is 14.5 Å². The summed E-state index contributed by atoms with van der Waals surface area (Å²) in [6.07, 6.45) is 0. The summed E-state index contributed by atoms with van der Waals surface area (Å²) < 4.78 is 33.0. The molecule has 0 bridgehead atoms. The molecule has 1 aliphatic rings. The van der Waals surface area contributed by atoms with E-state index in [0.29, 0.717) is 11.3 Å². The van der Waals surface area contributed by atoms with Crippen molar-refractivity contribution >= 4 is 21.8 Å². The highest BCUT2D eigenvalue weighted by Gasteiger charge is 2.32. The molecule has 2 amide bonds. The van der Waals surface area contributed by atoms with E-state index in [4.69, 9.17) is 4.74 Å². The smallest absolute Gasteiger partial charge is 0.251 e. The van der Waals surface area contributed by atoms with E-state index in [-0.39, 0.29) is 49.4 Å². The van der Waals surface area contributed by atoms with Gasteiger partial charge in [-0.25, -0.2) is 8.42 Å². The highest BCUT2D eigenvalue weighted by molar-refractivity contribution is 7.89. The van der Waals surface area contributed by atoms with Gasteiger partial charge in [0.2, 0.25) is 15.9 Å². The third-order valence-electron chi connectivity index (χ3n) is 5.43. The van der Waals surface area contributed by atoms with Crippen LogP contribution >= 0.6 is 0 Å². The van der Waals surface area contributed by atoms with E-state index in [9.17, 15) is 18.0 Å². The summed E-state index contributed by atoms with van der Waals surface area (Å²) in [5.74, 6) is -0.257. The van der Waals surface area contributed by atoms with Crippen LogP contribution in [0.4, 0.5) is 0 Å². The van der Waals surface area contributed by atoms with Crippen molar-refractivity contribution in [2.24, 2.45) is 0 Å². The third-order valence-corrected chi connectivity index (χ3v) is 7.35. The minimum Gasteiger partial charge on any atom is -0.495 e. The Balaban J connectivity index is 1.60. The second-order valence-electron chi connectivity index (χ2n) is 7.42. The molecule has 2 aromatic rings. The molecule has 8 nitrogen and oxygen atoms in total. The van der Waals surface area contributed by atoms with Gasteiger partial charge >= 0.3 is 0 Å². The molecule has 1 saturated heterocycles. The number of methoxy groups -OCH3 is 1. The largest absolute Gasteiger partial charge is 0.495 e. The number of hydrogen-bond donors (Lipinski definition) is 1. The number of sulfonamides is 1. The lowest BCUT2D eigenvalue weighted by molar-refractivity contribution is -0.131. The average Bonchev–Trinajstić information content (AvgIpc) is 2.79. The summed E-state index contributed by atoms with van der Waals surface area (Å²) in [4.78, 5) is 26.3. The van der Waals surface area contributed by atoms with Crippen molar-refractivity contribution in [2.45, 2.75) is 18.7 Å². The number of benzene rings is 2. The molecular formula is C22H27N3O5S. The van der Waals surface area contributed by atoms with Crippen molar-refractivity contribution in [3.05, 3.63) is 59.2 Å². The zero-order valence-corrected chi connectivity index (χ0v) is 18.7. The van der Waals surface area contributed by atoms with Crippen LogP contribution in [0.15, 0.2) is 47.4 Å². The summed E-state index contributed by atoms with van der Waals surface area (Å²) in [6, 6.07) is 12.0. The molecule has 1 fully saturated rings. The number of rotatable bonds is 6. The molecule has 2 aromatic carbocycles. The maximum absolute atomic E-state index is 13.2. The van der Waals surface area contributed by atoms with Crippen LogP contribution in [0.2, 0.25) is 0 Å². The number of ether oxygens (including phenoxy) is 1. The van der Waals surface area contributed by atoms with Crippen LogP contribution in [0, 0.1) is 13.8 Å². The van der Waals surface area contributed by atoms with Gasteiger partial charge in [-0.15, -0.1) is 0 Å². The molecule has 0 radical (unpaired) electrons. The molecule has 1 aliphatic heterocycles.